The van der Waals surface area contributed by atoms with Crippen molar-refractivity contribution in [1.29, 1.82) is 0 Å². The molecule has 0 saturated carbocycles. The van der Waals surface area contributed by atoms with Crippen LogP contribution in [0.5, 0.6) is 0 Å². The number of hydrogen-bond donors (Lipinski definition) is 0. The molecule has 1 saturated heterocycles. The number of hydrogen-bond acceptors (Lipinski definition) is 4. The minimum Gasteiger partial charge on any atom is -0.351 e. The van der Waals surface area contributed by atoms with Crippen LogP contribution in [0.15, 0.2) is 28.9 Å². The van der Waals surface area contributed by atoms with Crippen molar-refractivity contribution >= 4 is 11.5 Å². The van der Waals surface area contributed by atoms with Gasteiger partial charge in [-0.05, 0) is 37.8 Å². The average Bonchev–Trinajstić information content (AvgIpc) is 3.17. The zero-order valence-electron chi connectivity index (χ0n) is 12.7. The molecule has 0 radical (unpaired) electrons. The van der Waals surface area contributed by atoms with E-state index in [1.165, 1.54) is 5.57 Å². The lowest BCUT2D eigenvalue weighted by Crippen LogP contribution is -2.42. The van der Waals surface area contributed by atoms with Crippen LogP contribution in [0.1, 0.15) is 41.2 Å². The van der Waals surface area contributed by atoms with E-state index in [0.717, 1.165) is 30.7 Å². The molecule has 0 aromatic carbocycles. The smallest absolute Gasteiger partial charge is 0.293 e. The summed E-state index contributed by atoms with van der Waals surface area (Å²) in [5.74, 6) is 0.292. The van der Waals surface area contributed by atoms with Gasteiger partial charge in [-0.25, -0.2) is 0 Å². The monoisotopic (exact) mass is 298 g/mol. The second-order valence-corrected chi connectivity index (χ2v) is 6.08. The van der Waals surface area contributed by atoms with Gasteiger partial charge in [0.15, 0.2) is 0 Å². The van der Waals surface area contributed by atoms with E-state index in [0.29, 0.717) is 5.76 Å². The molecule has 0 N–H and O–H groups in total. The largest absolute Gasteiger partial charge is 0.351 e. The second-order valence-electron chi connectivity index (χ2n) is 6.08. The number of carbonyl (C=O) groups is 1. The van der Waals surface area contributed by atoms with Gasteiger partial charge in [0.1, 0.15) is 0 Å². The molecule has 0 aliphatic carbocycles. The van der Waals surface area contributed by atoms with Crippen molar-refractivity contribution in [3.05, 3.63) is 41.6 Å². The molecular weight excluding hydrogens is 280 g/mol. The predicted octanol–water partition coefficient (Wildman–Crippen LogP) is 2.18. The Bertz CT molecular complexity index is 758. The van der Waals surface area contributed by atoms with E-state index < -0.39 is 0 Å². The lowest BCUT2D eigenvalue weighted by Gasteiger charge is -2.33. The third kappa shape index (κ3) is 1.98. The first-order chi connectivity index (χ1) is 10.6. The zero-order chi connectivity index (χ0) is 15.3. The van der Waals surface area contributed by atoms with E-state index in [1.807, 2.05) is 35.8 Å². The highest BCUT2D eigenvalue weighted by Crippen LogP contribution is 2.39. The van der Waals surface area contributed by atoms with Crippen molar-refractivity contribution in [3.63, 3.8) is 0 Å². The van der Waals surface area contributed by atoms with Gasteiger partial charge in [0.2, 0.25) is 5.76 Å². The van der Waals surface area contributed by atoms with Crippen molar-refractivity contribution in [2.24, 2.45) is 7.05 Å². The standard InChI is InChI=1S/C16H18N4O2/c1-10-7-15(22-18-10)16(21)20-12-3-4-13(20)9-11(8-12)14-5-6-17-19(14)2/h5-8,12-13H,3-4,9H2,1-2H3/t12-,13-/m1/s1. The van der Waals surface area contributed by atoms with Crippen LogP contribution in [-0.4, -0.2) is 37.8 Å². The molecule has 4 rings (SSSR count). The van der Waals surface area contributed by atoms with Crippen LogP contribution >= 0.6 is 0 Å². The number of amides is 1. The first-order valence-electron chi connectivity index (χ1n) is 7.58. The molecule has 6 nitrogen and oxygen atoms in total. The second kappa shape index (κ2) is 4.83. The van der Waals surface area contributed by atoms with E-state index in [2.05, 4.69) is 16.3 Å². The van der Waals surface area contributed by atoms with E-state index in [1.54, 1.807) is 6.07 Å². The van der Waals surface area contributed by atoms with Crippen molar-refractivity contribution in [2.45, 2.75) is 38.3 Å². The molecule has 0 unspecified atom stereocenters. The number of aryl methyl sites for hydroxylation is 2. The van der Waals surface area contributed by atoms with Gasteiger partial charge in [0.25, 0.3) is 5.91 Å². The SMILES string of the molecule is Cc1cc(C(=O)N2[C@@H]3CC[C@@H]2C=C(c2ccnn2C)C3)on1. The highest BCUT2D eigenvalue weighted by molar-refractivity contribution is 5.93. The maximum absolute atomic E-state index is 12.7. The van der Waals surface area contributed by atoms with Crippen LogP contribution in [0.3, 0.4) is 0 Å². The van der Waals surface area contributed by atoms with Crippen LogP contribution in [0.2, 0.25) is 0 Å². The molecule has 4 heterocycles. The molecule has 114 valence electrons. The summed E-state index contributed by atoms with van der Waals surface area (Å²) in [6.45, 7) is 1.82. The maximum Gasteiger partial charge on any atom is 0.293 e. The summed E-state index contributed by atoms with van der Waals surface area (Å²) in [7, 11) is 1.95. The van der Waals surface area contributed by atoms with Crippen molar-refractivity contribution in [2.75, 3.05) is 0 Å². The Balaban J connectivity index is 1.64. The van der Waals surface area contributed by atoms with Gasteiger partial charge in [-0.1, -0.05) is 11.2 Å². The maximum atomic E-state index is 12.7. The molecule has 6 heteroatoms. The predicted molar refractivity (Wildman–Crippen MR) is 80.0 cm³/mol. The zero-order valence-corrected chi connectivity index (χ0v) is 12.7. The number of rotatable bonds is 2. The molecule has 22 heavy (non-hydrogen) atoms. The van der Waals surface area contributed by atoms with Gasteiger partial charge in [-0.2, -0.15) is 5.10 Å². The summed E-state index contributed by atoms with van der Waals surface area (Å²) in [6.07, 6.45) is 6.93. The Morgan fingerprint density at radius 2 is 2.27 bits per heavy atom. The quantitative estimate of drug-likeness (QED) is 0.852. The van der Waals surface area contributed by atoms with Gasteiger partial charge < -0.3 is 9.42 Å². The van der Waals surface area contributed by atoms with E-state index in [9.17, 15) is 4.79 Å². The Hall–Kier alpha value is -2.37. The lowest BCUT2D eigenvalue weighted by molar-refractivity contribution is 0.0649. The Kier molecular flexibility index (Phi) is 2.92. The molecule has 2 aromatic rings. The minimum absolute atomic E-state index is 0.0478. The van der Waals surface area contributed by atoms with Crippen LogP contribution in [-0.2, 0) is 7.05 Å². The van der Waals surface area contributed by atoms with Crippen LogP contribution in [0.4, 0.5) is 0 Å². The van der Waals surface area contributed by atoms with Gasteiger partial charge in [0.05, 0.1) is 17.4 Å². The van der Waals surface area contributed by atoms with Crippen molar-refractivity contribution in [1.82, 2.24) is 19.8 Å². The third-order valence-corrected chi connectivity index (χ3v) is 4.62. The Morgan fingerprint density at radius 1 is 1.41 bits per heavy atom. The fourth-order valence-electron chi connectivity index (χ4n) is 3.62. The summed E-state index contributed by atoms with van der Waals surface area (Å²) in [5, 5.41) is 8.06. The molecule has 0 spiro atoms. The van der Waals surface area contributed by atoms with Gasteiger partial charge in [-0.3, -0.25) is 9.48 Å². The molecule has 2 aliphatic rings. The number of aromatic nitrogens is 3. The Labute approximate surface area is 128 Å². The van der Waals surface area contributed by atoms with Crippen LogP contribution in [0.25, 0.3) is 5.57 Å². The van der Waals surface area contributed by atoms with Gasteiger partial charge >= 0.3 is 0 Å². The molecule has 2 bridgehead atoms. The lowest BCUT2D eigenvalue weighted by atomic mass is 9.98. The summed E-state index contributed by atoms with van der Waals surface area (Å²) in [6, 6.07) is 4.12. The normalized spacial score (nSPS) is 23.7. The van der Waals surface area contributed by atoms with Gasteiger partial charge in [-0.15, -0.1) is 0 Å². The van der Waals surface area contributed by atoms with E-state index in [4.69, 9.17) is 4.52 Å². The molecule has 1 amide bonds. The Morgan fingerprint density at radius 3 is 2.91 bits per heavy atom. The molecular formula is C16H18N4O2. The summed E-state index contributed by atoms with van der Waals surface area (Å²) in [5.41, 5.74) is 3.16. The fourth-order valence-corrected chi connectivity index (χ4v) is 3.62. The fraction of sp³-hybridized carbons (Fsp3) is 0.438. The number of fused-ring (bicyclic) bond motifs is 2. The van der Waals surface area contributed by atoms with Crippen LogP contribution < -0.4 is 0 Å². The topological polar surface area (TPSA) is 64.2 Å². The van der Waals surface area contributed by atoms with E-state index in [-0.39, 0.29) is 18.0 Å². The average molecular weight is 298 g/mol. The molecule has 2 atom stereocenters. The third-order valence-electron chi connectivity index (χ3n) is 4.62. The van der Waals surface area contributed by atoms with E-state index >= 15 is 0 Å². The van der Waals surface area contributed by atoms with Crippen LogP contribution in [0, 0.1) is 6.92 Å². The first-order valence-corrected chi connectivity index (χ1v) is 7.58. The van der Waals surface area contributed by atoms with Crippen molar-refractivity contribution in [3.8, 4) is 0 Å². The highest BCUT2D eigenvalue weighted by atomic mass is 16.5. The molecule has 2 aromatic heterocycles. The summed E-state index contributed by atoms with van der Waals surface area (Å²) >= 11 is 0. The number of carbonyl (C=O) groups excluding carboxylic acids is 1. The number of nitrogens with zero attached hydrogens (tertiary/aromatic N) is 4. The molecule has 1 fully saturated rings. The minimum atomic E-state index is -0.0478. The first kappa shape index (κ1) is 13.3. The highest BCUT2D eigenvalue weighted by Gasteiger charge is 2.41. The van der Waals surface area contributed by atoms with Crippen molar-refractivity contribution < 1.29 is 9.32 Å². The summed E-state index contributed by atoms with van der Waals surface area (Å²) < 4.78 is 7.04. The molecule has 2 aliphatic heterocycles. The van der Waals surface area contributed by atoms with Gasteiger partial charge in [0, 0.05) is 25.4 Å². The summed E-state index contributed by atoms with van der Waals surface area (Å²) in [4.78, 5) is 14.6.